The van der Waals surface area contributed by atoms with Crippen molar-refractivity contribution in [2.75, 3.05) is 6.54 Å². The van der Waals surface area contributed by atoms with Gasteiger partial charge >= 0.3 is 0 Å². The third-order valence-corrected chi connectivity index (χ3v) is 2.82. The minimum absolute atomic E-state index is 0.510. The normalized spacial score (nSPS) is 12.9. The molecule has 0 radical (unpaired) electrons. The minimum Gasteiger partial charge on any atom is -0.314 e. The van der Waals surface area contributed by atoms with Gasteiger partial charge in [-0.1, -0.05) is 25.1 Å². The van der Waals surface area contributed by atoms with Crippen LogP contribution in [0.5, 0.6) is 0 Å². The van der Waals surface area contributed by atoms with Crippen molar-refractivity contribution < 1.29 is 0 Å². The highest BCUT2D eigenvalue weighted by molar-refractivity contribution is 5.81. The Morgan fingerprint density at radius 3 is 2.88 bits per heavy atom. The van der Waals surface area contributed by atoms with Crippen molar-refractivity contribution in [3.8, 4) is 0 Å². The van der Waals surface area contributed by atoms with Gasteiger partial charge in [-0.25, -0.2) is 0 Å². The van der Waals surface area contributed by atoms with Gasteiger partial charge in [-0.2, -0.15) is 0 Å². The maximum Gasteiger partial charge on any atom is 0.0704 e. The van der Waals surface area contributed by atoms with E-state index in [9.17, 15) is 0 Å². The summed E-state index contributed by atoms with van der Waals surface area (Å²) >= 11 is 0. The highest BCUT2D eigenvalue weighted by Crippen LogP contribution is 2.17. The standard InChI is InChI=1S/C14H18N2/c1-3-15-11(2)10-12-8-9-16-14-7-5-4-6-13(12)14/h4-9,11,15H,3,10H2,1-2H3. The van der Waals surface area contributed by atoms with Gasteiger partial charge in [0.1, 0.15) is 0 Å². The Hall–Kier alpha value is -1.41. The summed E-state index contributed by atoms with van der Waals surface area (Å²) in [6.45, 7) is 5.38. The van der Waals surface area contributed by atoms with Crippen LogP contribution in [-0.4, -0.2) is 17.6 Å². The lowest BCUT2D eigenvalue weighted by Gasteiger charge is -2.13. The van der Waals surface area contributed by atoms with Crippen molar-refractivity contribution in [1.82, 2.24) is 10.3 Å². The zero-order chi connectivity index (χ0) is 11.4. The Labute approximate surface area is 96.7 Å². The second kappa shape index (κ2) is 5.08. The highest BCUT2D eigenvalue weighted by atomic mass is 14.9. The molecule has 1 N–H and O–H groups in total. The first-order chi connectivity index (χ1) is 7.81. The molecule has 2 aromatic rings. The molecule has 0 amide bonds. The predicted molar refractivity (Wildman–Crippen MR) is 68.6 cm³/mol. The summed E-state index contributed by atoms with van der Waals surface area (Å²) in [6, 6.07) is 11.0. The molecule has 0 aliphatic heterocycles. The molecule has 2 rings (SSSR count). The summed E-state index contributed by atoms with van der Waals surface area (Å²) in [5.41, 5.74) is 2.46. The molecule has 2 heteroatoms. The fourth-order valence-corrected chi connectivity index (χ4v) is 2.08. The van der Waals surface area contributed by atoms with E-state index in [2.05, 4.69) is 48.4 Å². The third-order valence-electron chi connectivity index (χ3n) is 2.82. The average Bonchev–Trinajstić information content (AvgIpc) is 2.30. The zero-order valence-electron chi connectivity index (χ0n) is 9.90. The molecular weight excluding hydrogens is 196 g/mol. The average molecular weight is 214 g/mol. The molecule has 0 bridgehead atoms. The molecule has 0 aliphatic carbocycles. The molecule has 0 aliphatic rings. The first-order valence-electron chi connectivity index (χ1n) is 5.87. The zero-order valence-corrected chi connectivity index (χ0v) is 9.90. The molecule has 84 valence electrons. The molecule has 1 aromatic heterocycles. The van der Waals surface area contributed by atoms with Crippen molar-refractivity contribution in [3.05, 3.63) is 42.1 Å². The van der Waals surface area contributed by atoms with Gasteiger partial charge in [0.05, 0.1) is 5.52 Å². The van der Waals surface area contributed by atoms with E-state index < -0.39 is 0 Å². The van der Waals surface area contributed by atoms with Gasteiger partial charge in [-0.05, 0) is 37.6 Å². The number of aromatic nitrogens is 1. The van der Waals surface area contributed by atoms with Crippen LogP contribution in [0.15, 0.2) is 36.5 Å². The van der Waals surface area contributed by atoms with Crippen molar-refractivity contribution in [3.63, 3.8) is 0 Å². The van der Waals surface area contributed by atoms with Gasteiger partial charge in [0.2, 0.25) is 0 Å². The maximum atomic E-state index is 4.37. The number of hydrogen-bond acceptors (Lipinski definition) is 2. The fourth-order valence-electron chi connectivity index (χ4n) is 2.08. The molecule has 0 saturated carbocycles. The Balaban J connectivity index is 2.30. The SMILES string of the molecule is CCNC(C)Cc1ccnc2ccccc12. The molecule has 16 heavy (non-hydrogen) atoms. The molecule has 2 nitrogen and oxygen atoms in total. The van der Waals surface area contributed by atoms with Gasteiger partial charge in [0.25, 0.3) is 0 Å². The predicted octanol–water partition coefficient (Wildman–Crippen LogP) is 2.78. The van der Waals surface area contributed by atoms with Crippen LogP contribution >= 0.6 is 0 Å². The van der Waals surface area contributed by atoms with E-state index in [1.807, 2.05) is 12.3 Å². The van der Waals surface area contributed by atoms with Crippen LogP contribution in [0, 0.1) is 0 Å². The number of likely N-dealkylation sites (N-methyl/N-ethyl adjacent to an activating group) is 1. The third kappa shape index (κ3) is 2.39. The molecular formula is C14H18N2. The van der Waals surface area contributed by atoms with E-state index in [4.69, 9.17) is 0 Å². The van der Waals surface area contributed by atoms with Crippen molar-refractivity contribution in [2.24, 2.45) is 0 Å². The Morgan fingerprint density at radius 2 is 2.06 bits per heavy atom. The number of pyridine rings is 1. The summed E-state index contributed by atoms with van der Waals surface area (Å²) in [5.74, 6) is 0. The maximum absolute atomic E-state index is 4.37. The fraction of sp³-hybridized carbons (Fsp3) is 0.357. The second-order valence-corrected chi connectivity index (χ2v) is 4.15. The van der Waals surface area contributed by atoms with E-state index in [-0.39, 0.29) is 0 Å². The van der Waals surface area contributed by atoms with Gasteiger partial charge in [-0.3, -0.25) is 4.98 Å². The largest absolute Gasteiger partial charge is 0.314 e. The Morgan fingerprint density at radius 1 is 1.25 bits per heavy atom. The Bertz CT molecular complexity index is 460. The lowest BCUT2D eigenvalue weighted by Crippen LogP contribution is -2.27. The molecule has 1 heterocycles. The molecule has 1 unspecified atom stereocenters. The van der Waals surface area contributed by atoms with Crippen molar-refractivity contribution >= 4 is 10.9 Å². The van der Waals surface area contributed by atoms with E-state index in [1.165, 1.54) is 10.9 Å². The summed E-state index contributed by atoms with van der Waals surface area (Å²) in [5, 5.41) is 4.71. The van der Waals surface area contributed by atoms with E-state index in [1.54, 1.807) is 0 Å². The van der Waals surface area contributed by atoms with Gasteiger partial charge in [0, 0.05) is 17.6 Å². The molecule has 0 spiro atoms. The minimum atomic E-state index is 0.510. The number of nitrogens with zero attached hydrogens (tertiary/aromatic N) is 1. The van der Waals surface area contributed by atoms with Crippen LogP contribution in [0.2, 0.25) is 0 Å². The Kier molecular flexibility index (Phi) is 3.52. The quantitative estimate of drug-likeness (QED) is 0.846. The van der Waals surface area contributed by atoms with Gasteiger partial charge in [-0.15, -0.1) is 0 Å². The van der Waals surface area contributed by atoms with Crippen molar-refractivity contribution in [1.29, 1.82) is 0 Å². The molecule has 1 atom stereocenters. The number of para-hydroxylation sites is 1. The summed E-state index contributed by atoms with van der Waals surface area (Å²) in [6.07, 6.45) is 2.95. The number of rotatable bonds is 4. The van der Waals surface area contributed by atoms with E-state index in [0.717, 1.165) is 18.5 Å². The number of hydrogen-bond donors (Lipinski definition) is 1. The monoisotopic (exact) mass is 214 g/mol. The van der Waals surface area contributed by atoms with E-state index >= 15 is 0 Å². The first-order valence-corrected chi connectivity index (χ1v) is 5.87. The summed E-state index contributed by atoms with van der Waals surface area (Å²) < 4.78 is 0. The van der Waals surface area contributed by atoms with Crippen LogP contribution in [0.4, 0.5) is 0 Å². The molecule has 0 saturated heterocycles. The van der Waals surface area contributed by atoms with Crippen LogP contribution < -0.4 is 5.32 Å². The highest BCUT2D eigenvalue weighted by Gasteiger charge is 2.05. The summed E-state index contributed by atoms with van der Waals surface area (Å²) in [7, 11) is 0. The number of benzene rings is 1. The van der Waals surface area contributed by atoms with E-state index in [0.29, 0.717) is 6.04 Å². The smallest absolute Gasteiger partial charge is 0.0704 e. The van der Waals surface area contributed by atoms with Crippen LogP contribution in [-0.2, 0) is 6.42 Å². The lowest BCUT2D eigenvalue weighted by atomic mass is 10.0. The molecule has 1 aromatic carbocycles. The lowest BCUT2D eigenvalue weighted by molar-refractivity contribution is 0.566. The van der Waals surface area contributed by atoms with Crippen LogP contribution in [0.1, 0.15) is 19.4 Å². The van der Waals surface area contributed by atoms with Gasteiger partial charge in [0.15, 0.2) is 0 Å². The van der Waals surface area contributed by atoms with Crippen LogP contribution in [0.3, 0.4) is 0 Å². The first kappa shape index (κ1) is 11.1. The number of nitrogens with one attached hydrogen (secondary N) is 1. The topological polar surface area (TPSA) is 24.9 Å². The molecule has 0 fully saturated rings. The second-order valence-electron chi connectivity index (χ2n) is 4.15. The number of fused-ring (bicyclic) bond motifs is 1. The summed E-state index contributed by atoms with van der Waals surface area (Å²) in [4.78, 5) is 4.37. The van der Waals surface area contributed by atoms with Crippen molar-refractivity contribution in [2.45, 2.75) is 26.3 Å². The van der Waals surface area contributed by atoms with Gasteiger partial charge < -0.3 is 5.32 Å². The van der Waals surface area contributed by atoms with Crippen LogP contribution in [0.25, 0.3) is 10.9 Å².